The Labute approximate surface area is 143 Å². The maximum Gasteiger partial charge on any atom is 0.330 e. The minimum absolute atomic E-state index is 0.199. The Kier molecular flexibility index (Phi) is 10.0. The number of benzene rings is 1. The number of unbranched alkanes of at least 4 members (excludes halogenated alkanes) is 3. The quantitative estimate of drug-likeness (QED) is 0.333. The molecule has 0 spiro atoms. The molecule has 0 amide bonds. The topological polar surface area (TPSA) is 61.8 Å². The summed E-state index contributed by atoms with van der Waals surface area (Å²) in [5.41, 5.74) is 1.09. The van der Waals surface area contributed by atoms with Crippen molar-refractivity contribution in [2.75, 3.05) is 20.3 Å². The minimum Gasteiger partial charge on any atom is -0.494 e. The van der Waals surface area contributed by atoms with Crippen LogP contribution in [0.1, 0.15) is 37.7 Å². The number of rotatable bonds is 12. The second-order valence-electron chi connectivity index (χ2n) is 5.35. The molecule has 0 saturated heterocycles. The highest BCUT2D eigenvalue weighted by molar-refractivity contribution is 5.81. The molecular formula is C19H26O5. The van der Waals surface area contributed by atoms with Gasteiger partial charge in [0.05, 0.1) is 20.3 Å². The van der Waals surface area contributed by atoms with Gasteiger partial charge < -0.3 is 14.2 Å². The summed E-state index contributed by atoms with van der Waals surface area (Å²) in [7, 11) is 1.40. The molecule has 0 saturated carbocycles. The molecule has 1 rings (SSSR count). The molecule has 0 aliphatic heterocycles. The number of methoxy groups -OCH3 is 1. The Bertz CT molecular complexity index is 507. The minimum atomic E-state index is -0.367. The molecule has 24 heavy (non-hydrogen) atoms. The summed E-state index contributed by atoms with van der Waals surface area (Å²) < 4.78 is 15.2. The van der Waals surface area contributed by atoms with Crippen molar-refractivity contribution in [2.24, 2.45) is 0 Å². The second-order valence-corrected chi connectivity index (χ2v) is 5.35. The molecule has 0 aliphatic rings. The highest BCUT2D eigenvalue weighted by atomic mass is 16.5. The molecule has 0 radical (unpaired) electrons. The van der Waals surface area contributed by atoms with Crippen LogP contribution in [0.4, 0.5) is 0 Å². The zero-order chi connectivity index (χ0) is 17.6. The van der Waals surface area contributed by atoms with Gasteiger partial charge in [-0.15, -0.1) is 0 Å². The first kappa shape index (κ1) is 19.7. The highest BCUT2D eigenvalue weighted by Crippen LogP contribution is 2.14. The first-order valence-corrected chi connectivity index (χ1v) is 8.23. The number of esters is 2. The van der Waals surface area contributed by atoms with E-state index in [1.165, 1.54) is 13.2 Å². The molecule has 132 valence electrons. The van der Waals surface area contributed by atoms with Gasteiger partial charge in [0, 0.05) is 12.5 Å². The Morgan fingerprint density at radius 1 is 1.04 bits per heavy atom. The number of aryl methyl sites for hydroxylation is 1. The van der Waals surface area contributed by atoms with Crippen LogP contribution in [0.3, 0.4) is 0 Å². The largest absolute Gasteiger partial charge is 0.494 e. The Morgan fingerprint density at radius 2 is 1.71 bits per heavy atom. The van der Waals surface area contributed by atoms with Gasteiger partial charge in [0.15, 0.2) is 0 Å². The van der Waals surface area contributed by atoms with Crippen molar-refractivity contribution < 1.29 is 23.8 Å². The van der Waals surface area contributed by atoms with Crippen LogP contribution in [0, 0.1) is 0 Å². The van der Waals surface area contributed by atoms with Crippen molar-refractivity contribution in [3.8, 4) is 5.75 Å². The summed E-state index contributed by atoms with van der Waals surface area (Å²) >= 11 is 0. The van der Waals surface area contributed by atoms with Gasteiger partial charge in [-0.05, 0) is 49.8 Å². The zero-order valence-corrected chi connectivity index (χ0v) is 14.3. The van der Waals surface area contributed by atoms with Gasteiger partial charge in [0.1, 0.15) is 5.75 Å². The van der Waals surface area contributed by atoms with Crippen LogP contribution in [-0.2, 0) is 25.5 Å². The van der Waals surface area contributed by atoms with E-state index in [0.29, 0.717) is 26.1 Å². The fraction of sp³-hybridized carbons (Fsp3) is 0.474. The van der Waals surface area contributed by atoms with E-state index in [9.17, 15) is 9.59 Å². The molecule has 0 aliphatic carbocycles. The van der Waals surface area contributed by atoms with E-state index >= 15 is 0 Å². The normalized spacial score (nSPS) is 10.0. The predicted molar refractivity (Wildman–Crippen MR) is 91.9 cm³/mol. The first-order valence-electron chi connectivity index (χ1n) is 8.23. The lowest BCUT2D eigenvalue weighted by Crippen LogP contribution is -2.02. The average Bonchev–Trinajstić information content (AvgIpc) is 2.62. The van der Waals surface area contributed by atoms with Gasteiger partial charge in [0.2, 0.25) is 0 Å². The maximum atomic E-state index is 11.1. The highest BCUT2D eigenvalue weighted by Gasteiger charge is 2.02. The SMILES string of the molecule is C=CC(=O)OCCCCCCOc1ccc(CCC(=O)OC)cc1. The van der Waals surface area contributed by atoms with Crippen LogP contribution in [-0.4, -0.2) is 32.3 Å². The molecule has 5 nitrogen and oxygen atoms in total. The standard InChI is InChI=1S/C19H26O5/c1-3-18(20)24-15-7-5-4-6-14-23-17-11-8-16(9-12-17)10-13-19(21)22-2/h3,8-9,11-12H,1,4-7,10,13-15H2,2H3. The maximum absolute atomic E-state index is 11.1. The van der Waals surface area contributed by atoms with E-state index in [1.54, 1.807) is 0 Å². The molecule has 0 aromatic heterocycles. The van der Waals surface area contributed by atoms with Crippen molar-refractivity contribution in [2.45, 2.75) is 38.5 Å². The first-order chi connectivity index (χ1) is 11.7. The number of ether oxygens (including phenoxy) is 3. The van der Waals surface area contributed by atoms with Crippen molar-refractivity contribution in [1.82, 2.24) is 0 Å². The van der Waals surface area contributed by atoms with Crippen LogP contribution < -0.4 is 4.74 Å². The van der Waals surface area contributed by atoms with E-state index in [0.717, 1.165) is 37.0 Å². The van der Waals surface area contributed by atoms with Gasteiger partial charge in [-0.3, -0.25) is 4.79 Å². The van der Waals surface area contributed by atoms with E-state index in [4.69, 9.17) is 9.47 Å². The third kappa shape index (κ3) is 8.98. The third-order valence-corrected chi connectivity index (χ3v) is 3.49. The summed E-state index contributed by atoms with van der Waals surface area (Å²) in [5.74, 6) is 0.264. The van der Waals surface area contributed by atoms with Crippen LogP contribution in [0.25, 0.3) is 0 Å². The third-order valence-electron chi connectivity index (χ3n) is 3.49. The van der Waals surface area contributed by atoms with Gasteiger partial charge in [-0.1, -0.05) is 18.7 Å². The fourth-order valence-corrected chi connectivity index (χ4v) is 2.08. The predicted octanol–water partition coefficient (Wildman–Crippen LogP) is 3.46. The molecule has 0 fully saturated rings. The number of carbonyl (C=O) groups excluding carboxylic acids is 2. The second kappa shape index (κ2) is 12.2. The van der Waals surface area contributed by atoms with Crippen molar-refractivity contribution in [3.63, 3.8) is 0 Å². The molecule has 0 N–H and O–H groups in total. The number of hydrogen-bond donors (Lipinski definition) is 0. The Hall–Kier alpha value is -2.30. The number of hydrogen-bond acceptors (Lipinski definition) is 5. The van der Waals surface area contributed by atoms with Gasteiger partial charge in [0.25, 0.3) is 0 Å². The van der Waals surface area contributed by atoms with E-state index in [-0.39, 0.29) is 11.9 Å². The molecule has 0 heterocycles. The molecule has 0 unspecified atom stereocenters. The lowest BCUT2D eigenvalue weighted by Gasteiger charge is -2.07. The molecule has 0 bridgehead atoms. The summed E-state index contributed by atoms with van der Waals surface area (Å²) in [4.78, 5) is 21.9. The summed E-state index contributed by atoms with van der Waals surface area (Å²) in [6.45, 7) is 4.45. The molecule has 0 atom stereocenters. The lowest BCUT2D eigenvalue weighted by atomic mass is 10.1. The van der Waals surface area contributed by atoms with Crippen LogP contribution in [0.5, 0.6) is 5.75 Å². The number of carbonyl (C=O) groups is 2. The van der Waals surface area contributed by atoms with Crippen molar-refractivity contribution >= 4 is 11.9 Å². The van der Waals surface area contributed by atoms with Gasteiger partial charge >= 0.3 is 11.9 Å². The zero-order valence-electron chi connectivity index (χ0n) is 14.3. The smallest absolute Gasteiger partial charge is 0.330 e. The van der Waals surface area contributed by atoms with Crippen LogP contribution >= 0.6 is 0 Å². The summed E-state index contributed by atoms with van der Waals surface area (Å²) in [5, 5.41) is 0. The lowest BCUT2D eigenvalue weighted by molar-refractivity contribution is -0.140. The monoisotopic (exact) mass is 334 g/mol. The molecular weight excluding hydrogens is 308 g/mol. The Morgan fingerprint density at radius 3 is 2.33 bits per heavy atom. The molecule has 1 aromatic rings. The van der Waals surface area contributed by atoms with Crippen LogP contribution in [0.15, 0.2) is 36.9 Å². The average molecular weight is 334 g/mol. The Balaban J connectivity index is 2.07. The van der Waals surface area contributed by atoms with E-state index in [2.05, 4.69) is 11.3 Å². The van der Waals surface area contributed by atoms with Crippen LogP contribution in [0.2, 0.25) is 0 Å². The summed E-state index contributed by atoms with van der Waals surface area (Å²) in [6.07, 6.45) is 6.08. The molecule has 5 heteroatoms. The van der Waals surface area contributed by atoms with Crippen molar-refractivity contribution in [3.05, 3.63) is 42.5 Å². The van der Waals surface area contributed by atoms with Crippen molar-refractivity contribution in [1.29, 1.82) is 0 Å². The van der Waals surface area contributed by atoms with E-state index in [1.807, 2.05) is 24.3 Å². The van der Waals surface area contributed by atoms with E-state index < -0.39 is 0 Å². The molecule has 1 aromatic carbocycles. The van der Waals surface area contributed by atoms with Gasteiger partial charge in [-0.2, -0.15) is 0 Å². The fourth-order valence-electron chi connectivity index (χ4n) is 2.08. The van der Waals surface area contributed by atoms with Gasteiger partial charge in [-0.25, -0.2) is 4.79 Å². The summed E-state index contributed by atoms with van der Waals surface area (Å²) in [6, 6.07) is 7.77.